The average molecular weight is 515 g/mol. The number of carbonyl (C=O) groups is 1. The monoisotopic (exact) mass is 514 g/mol. The highest BCUT2D eigenvalue weighted by molar-refractivity contribution is 5.98. The van der Waals surface area contributed by atoms with E-state index in [1.807, 2.05) is 54.2 Å². The molecule has 1 saturated heterocycles. The first-order valence-corrected chi connectivity index (χ1v) is 12.4. The fourth-order valence-corrected chi connectivity index (χ4v) is 5.09. The molecule has 0 aliphatic carbocycles. The van der Waals surface area contributed by atoms with Crippen molar-refractivity contribution in [1.82, 2.24) is 24.1 Å². The van der Waals surface area contributed by atoms with Gasteiger partial charge in [-0.25, -0.2) is 19.2 Å². The molecule has 0 spiro atoms. The lowest BCUT2D eigenvalue weighted by Gasteiger charge is -2.27. The standard InChI is InChI=1S/C28H27FN6O3/c1-33(15-18-7-4-3-5-8-18)25-13-23(32-27-20(28(36)37-2)14-31-35(25)27)21-16-34(24-10-12-38-17-22(24)29)26-19(21)9-6-11-30-26/h3-9,11,13-14,16,22,24H,10,12,15,17H2,1-2H3/t22-,24-/m1/s1. The van der Waals surface area contributed by atoms with E-state index in [9.17, 15) is 9.18 Å². The first kappa shape index (κ1) is 24.1. The molecular formula is C28H27FN6O3. The first-order chi connectivity index (χ1) is 18.5. The van der Waals surface area contributed by atoms with Crippen molar-refractivity contribution < 1.29 is 18.7 Å². The third-order valence-corrected chi connectivity index (χ3v) is 6.99. The van der Waals surface area contributed by atoms with E-state index in [4.69, 9.17) is 14.5 Å². The number of pyridine rings is 1. The van der Waals surface area contributed by atoms with Crippen LogP contribution in [-0.4, -0.2) is 63.7 Å². The second-order valence-electron chi connectivity index (χ2n) is 9.40. The number of anilines is 1. The van der Waals surface area contributed by atoms with E-state index in [2.05, 4.69) is 27.1 Å². The van der Waals surface area contributed by atoms with Crippen LogP contribution in [0.25, 0.3) is 27.9 Å². The maximum absolute atomic E-state index is 14.9. The van der Waals surface area contributed by atoms with E-state index in [0.29, 0.717) is 36.6 Å². The number of rotatable bonds is 6. The molecule has 0 radical (unpaired) electrons. The molecule has 1 aliphatic heterocycles. The van der Waals surface area contributed by atoms with Crippen LogP contribution in [0.2, 0.25) is 0 Å². The van der Waals surface area contributed by atoms with Gasteiger partial charge in [-0.3, -0.25) is 0 Å². The molecule has 0 saturated carbocycles. The predicted octanol–water partition coefficient (Wildman–Crippen LogP) is 4.47. The van der Waals surface area contributed by atoms with Crippen LogP contribution in [0.5, 0.6) is 0 Å². The summed E-state index contributed by atoms with van der Waals surface area (Å²) < 4.78 is 28.8. The van der Waals surface area contributed by atoms with Crippen LogP contribution in [0.3, 0.4) is 0 Å². The second kappa shape index (κ2) is 9.86. The Morgan fingerprint density at radius 2 is 2.05 bits per heavy atom. The van der Waals surface area contributed by atoms with Gasteiger partial charge in [-0.15, -0.1) is 0 Å². The fourth-order valence-electron chi connectivity index (χ4n) is 5.09. The van der Waals surface area contributed by atoms with Gasteiger partial charge in [0.05, 0.1) is 31.6 Å². The molecule has 5 heterocycles. The Bertz CT molecular complexity index is 1620. The minimum absolute atomic E-state index is 0.0590. The topological polar surface area (TPSA) is 86.8 Å². The van der Waals surface area contributed by atoms with Crippen molar-refractivity contribution in [1.29, 1.82) is 0 Å². The van der Waals surface area contributed by atoms with Crippen LogP contribution in [-0.2, 0) is 16.0 Å². The minimum Gasteiger partial charge on any atom is -0.465 e. The summed E-state index contributed by atoms with van der Waals surface area (Å²) in [6.45, 7) is 1.16. The number of carbonyl (C=O) groups excluding carboxylic acids is 1. The van der Waals surface area contributed by atoms with E-state index >= 15 is 0 Å². The van der Waals surface area contributed by atoms with Crippen molar-refractivity contribution in [2.45, 2.75) is 25.2 Å². The van der Waals surface area contributed by atoms with Gasteiger partial charge in [0.25, 0.3) is 0 Å². The van der Waals surface area contributed by atoms with Crippen molar-refractivity contribution >= 4 is 28.5 Å². The van der Waals surface area contributed by atoms with Gasteiger partial charge in [0.1, 0.15) is 23.2 Å². The highest BCUT2D eigenvalue weighted by atomic mass is 19.1. The second-order valence-corrected chi connectivity index (χ2v) is 9.40. The molecule has 1 aliphatic rings. The Balaban J connectivity index is 1.54. The minimum atomic E-state index is -1.14. The van der Waals surface area contributed by atoms with Gasteiger partial charge < -0.3 is 18.9 Å². The summed E-state index contributed by atoms with van der Waals surface area (Å²) in [5, 5.41) is 5.31. The number of methoxy groups -OCH3 is 1. The normalized spacial score (nSPS) is 17.7. The number of nitrogens with zero attached hydrogens (tertiary/aromatic N) is 6. The lowest BCUT2D eigenvalue weighted by molar-refractivity contribution is 0.00443. The van der Waals surface area contributed by atoms with Crippen molar-refractivity contribution in [2.24, 2.45) is 0 Å². The molecule has 2 atom stereocenters. The largest absolute Gasteiger partial charge is 0.465 e. The molecule has 10 heteroatoms. The molecule has 1 fully saturated rings. The third kappa shape index (κ3) is 4.16. The summed E-state index contributed by atoms with van der Waals surface area (Å²) in [6.07, 6.45) is 4.50. The van der Waals surface area contributed by atoms with Crippen molar-refractivity contribution in [2.75, 3.05) is 32.3 Å². The average Bonchev–Trinajstić information content (AvgIpc) is 3.55. The quantitative estimate of drug-likeness (QED) is 0.309. The number of halogens is 1. The van der Waals surface area contributed by atoms with E-state index in [1.54, 1.807) is 10.7 Å². The van der Waals surface area contributed by atoms with E-state index in [1.165, 1.54) is 13.3 Å². The zero-order chi connectivity index (χ0) is 26.2. The van der Waals surface area contributed by atoms with Gasteiger partial charge in [0, 0.05) is 49.6 Å². The molecule has 0 amide bonds. The molecule has 1 aromatic carbocycles. The van der Waals surface area contributed by atoms with Crippen molar-refractivity contribution in [3.63, 3.8) is 0 Å². The highest BCUT2D eigenvalue weighted by Crippen LogP contribution is 2.36. The van der Waals surface area contributed by atoms with E-state index in [-0.39, 0.29) is 18.2 Å². The third-order valence-electron chi connectivity index (χ3n) is 6.99. The number of aromatic nitrogens is 5. The summed E-state index contributed by atoms with van der Waals surface area (Å²) in [6, 6.07) is 15.4. The van der Waals surface area contributed by atoms with Crippen LogP contribution in [0.15, 0.2) is 67.1 Å². The Kier molecular flexibility index (Phi) is 6.24. The zero-order valence-corrected chi connectivity index (χ0v) is 21.1. The molecule has 6 rings (SSSR count). The fraction of sp³-hybridized carbons (Fsp3) is 0.286. The van der Waals surface area contributed by atoms with Crippen LogP contribution in [0.1, 0.15) is 28.4 Å². The van der Waals surface area contributed by atoms with Crippen LogP contribution >= 0.6 is 0 Å². The molecule has 0 N–H and O–H groups in total. The van der Waals surface area contributed by atoms with Gasteiger partial charge in [0.2, 0.25) is 0 Å². The molecule has 0 unspecified atom stereocenters. The maximum atomic E-state index is 14.9. The summed E-state index contributed by atoms with van der Waals surface area (Å²) >= 11 is 0. The van der Waals surface area contributed by atoms with Crippen LogP contribution in [0, 0.1) is 0 Å². The number of benzene rings is 1. The lowest BCUT2D eigenvalue weighted by Crippen LogP contribution is -2.31. The smallest absolute Gasteiger partial charge is 0.343 e. The van der Waals surface area contributed by atoms with Gasteiger partial charge in [-0.05, 0) is 24.1 Å². The van der Waals surface area contributed by atoms with Gasteiger partial charge in [-0.1, -0.05) is 30.3 Å². The van der Waals surface area contributed by atoms with Gasteiger partial charge in [-0.2, -0.15) is 9.61 Å². The molecule has 9 nitrogen and oxygen atoms in total. The van der Waals surface area contributed by atoms with Crippen molar-refractivity contribution in [3.8, 4) is 11.3 Å². The molecule has 0 bridgehead atoms. The Morgan fingerprint density at radius 3 is 2.84 bits per heavy atom. The Labute approximate surface area is 218 Å². The summed E-state index contributed by atoms with van der Waals surface area (Å²) in [7, 11) is 3.30. The predicted molar refractivity (Wildman–Crippen MR) is 141 cm³/mol. The molecule has 5 aromatic rings. The summed E-state index contributed by atoms with van der Waals surface area (Å²) in [5.74, 6) is 0.219. The Morgan fingerprint density at radius 1 is 1.21 bits per heavy atom. The van der Waals surface area contributed by atoms with Gasteiger partial charge in [0.15, 0.2) is 5.65 Å². The zero-order valence-electron chi connectivity index (χ0n) is 21.1. The van der Waals surface area contributed by atoms with Gasteiger partial charge >= 0.3 is 5.97 Å². The molecule has 4 aromatic heterocycles. The number of hydrogen-bond acceptors (Lipinski definition) is 7. The SMILES string of the molecule is COC(=O)c1cnn2c(N(C)Cc3ccccc3)cc(-c3cn([C@@H]4CCOC[C@H]4F)c4ncccc34)nc12. The number of esters is 1. The summed E-state index contributed by atoms with van der Waals surface area (Å²) in [5.41, 5.74) is 3.86. The van der Waals surface area contributed by atoms with Crippen LogP contribution in [0.4, 0.5) is 10.2 Å². The molecular weight excluding hydrogens is 487 g/mol. The molecule has 194 valence electrons. The molecule has 38 heavy (non-hydrogen) atoms. The number of fused-ring (bicyclic) bond motifs is 2. The number of hydrogen-bond donors (Lipinski definition) is 0. The number of alkyl halides is 1. The van der Waals surface area contributed by atoms with Crippen molar-refractivity contribution in [3.05, 3.63) is 78.2 Å². The van der Waals surface area contributed by atoms with Crippen LogP contribution < -0.4 is 4.90 Å². The number of ether oxygens (including phenoxy) is 2. The Hall–Kier alpha value is -4.31. The summed E-state index contributed by atoms with van der Waals surface area (Å²) in [4.78, 5) is 24.1. The maximum Gasteiger partial charge on any atom is 0.343 e. The highest BCUT2D eigenvalue weighted by Gasteiger charge is 2.30. The first-order valence-electron chi connectivity index (χ1n) is 12.4. The van der Waals surface area contributed by atoms with E-state index in [0.717, 1.165) is 22.3 Å². The van der Waals surface area contributed by atoms with E-state index < -0.39 is 12.1 Å². The lowest BCUT2D eigenvalue weighted by atomic mass is 10.1.